The van der Waals surface area contributed by atoms with Crippen molar-refractivity contribution in [3.8, 4) is 11.1 Å². The van der Waals surface area contributed by atoms with E-state index in [1.165, 1.54) is 6.92 Å². The van der Waals surface area contributed by atoms with E-state index in [4.69, 9.17) is 4.74 Å². The molecular weight excluding hydrogens is 254 g/mol. The normalized spacial score (nSPS) is 9.85. The standard InChI is InChI=1S/C16H15NO3/c1-12(18)17-11-20-16(19)15-9-7-14(8-10-15)13-5-3-2-4-6-13/h2-10H,11H2,1H3,(H,17,18). The Bertz CT molecular complexity index is 591. The predicted octanol–water partition coefficient (Wildman–Crippen LogP) is 2.60. The Labute approximate surface area is 117 Å². The molecule has 2 aromatic carbocycles. The molecule has 4 nitrogen and oxygen atoms in total. The van der Waals surface area contributed by atoms with Gasteiger partial charge in [-0.25, -0.2) is 4.79 Å². The largest absolute Gasteiger partial charge is 0.441 e. The topological polar surface area (TPSA) is 55.4 Å². The molecule has 0 aliphatic heterocycles. The van der Waals surface area contributed by atoms with E-state index in [2.05, 4.69) is 5.32 Å². The van der Waals surface area contributed by atoms with Gasteiger partial charge >= 0.3 is 5.97 Å². The van der Waals surface area contributed by atoms with Crippen LogP contribution in [0.3, 0.4) is 0 Å². The Morgan fingerprint density at radius 2 is 1.55 bits per heavy atom. The van der Waals surface area contributed by atoms with E-state index in [-0.39, 0.29) is 12.6 Å². The zero-order chi connectivity index (χ0) is 14.4. The van der Waals surface area contributed by atoms with Crippen LogP contribution in [0.4, 0.5) is 0 Å². The summed E-state index contributed by atoms with van der Waals surface area (Å²) in [5, 5.41) is 2.40. The molecule has 20 heavy (non-hydrogen) atoms. The van der Waals surface area contributed by atoms with E-state index in [0.717, 1.165) is 11.1 Å². The van der Waals surface area contributed by atoms with Crippen molar-refractivity contribution in [2.24, 2.45) is 0 Å². The molecule has 0 radical (unpaired) electrons. The number of ether oxygens (including phenoxy) is 1. The number of amides is 1. The van der Waals surface area contributed by atoms with Crippen molar-refractivity contribution >= 4 is 11.9 Å². The van der Waals surface area contributed by atoms with Gasteiger partial charge in [-0.1, -0.05) is 42.5 Å². The van der Waals surface area contributed by atoms with Gasteiger partial charge in [-0.15, -0.1) is 0 Å². The molecule has 0 spiro atoms. The molecule has 0 atom stereocenters. The molecule has 4 heteroatoms. The van der Waals surface area contributed by atoms with Crippen LogP contribution in [0.2, 0.25) is 0 Å². The number of hydrogen-bond donors (Lipinski definition) is 1. The first kappa shape index (κ1) is 13.8. The monoisotopic (exact) mass is 269 g/mol. The lowest BCUT2D eigenvalue weighted by Gasteiger charge is -2.06. The van der Waals surface area contributed by atoms with E-state index in [1.807, 2.05) is 42.5 Å². The van der Waals surface area contributed by atoms with E-state index in [0.29, 0.717) is 5.56 Å². The summed E-state index contributed by atoms with van der Waals surface area (Å²) in [4.78, 5) is 22.4. The van der Waals surface area contributed by atoms with Gasteiger partial charge in [0, 0.05) is 6.92 Å². The van der Waals surface area contributed by atoms with Gasteiger partial charge < -0.3 is 10.1 Å². The van der Waals surface area contributed by atoms with Gasteiger partial charge in [-0.3, -0.25) is 4.79 Å². The zero-order valence-electron chi connectivity index (χ0n) is 11.1. The molecular formula is C16H15NO3. The molecule has 0 saturated carbocycles. The fraction of sp³-hybridized carbons (Fsp3) is 0.125. The average molecular weight is 269 g/mol. The second-order valence-electron chi connectivity index (χ2n) is 4.25. The third-order valence-electron chi connectivity index (χ3n) is 2.75. The van der Waals surface area contributed by atoms with E-state index < -0.39 is 5.97 Å². The number of rotatable bonds is 4. The highest BCUT2D eigenvalue weighted by Crippen LogP contribution is 2.19. The van der Waals surface area contributed by atoms with Crippen LogP contribution in [-0.4, -0.2) is 18.6 Å². The summed E-state index contributed by atoms with van der Waals surface area (Å²) in [7, 11) is 0. The van der Waals surface area contributed by atoms with E-state index >= 15 is 0 Å². The highest BCUT2D eigenvalue weighted by Gasteiger charge is 2.07. The van der Waals surface area contributed by atoms with E-state index in [9.17, 15) is 9.59 Å². The highest BCUT2D eigenvalue weighted by molar-refractivity contribution is 5.90. The van der Waals surface area contributed by atoms with Gasteiger partial charge in [0.15, 0.2) is 6.73 Å². The third kappa shape index (κ3) is 3.68. The predicted molar refractivity (Wildman–Crippen MR) is 76.0 cm³/mol. The second kappa shape index (κ2) is 6.52. The summed E-state index contributed by atoms with van der Waals surface area (Å²) >= 11 is 0. The molecule has 0 aliphatic rings. The van der Waals surface area contributed by atoms with Crippen molar-refractivity contribution in [1.82, 2.24) is 5.32 Å². The number of benzene rings is 2. The quantitative estimate of drug-likeness (QED) is 0.685. The molecule has 0 aromatic heterocycles. The number of carbonyl (C=O) groups excluding carboxylic acids is 2. The Morgan fingerprint density at radius 3 is 2.15 bits per heavy atom. The van der Waals surface area contributed by atoms with Crippen LogP contribution in [-0.2, 0) is 9.53 Å². The van der Waals surface area contributed by atoms with Crippen LogP contribution in [0, 0.1) is 0 Å². The highest BCUT2D eigenvalue weighted by atomic mass is 16.5. The molecule has 0 fully saturated rings. The fourth-order valence-corrected chi connectivity index (χ4v) is 1.72. The van der Waals surface area contributed by atoms with Crippen LogP contribution in [0.1, 0.15) is 17.3 Å². The lowest BCUT2D eigenvalue weighted by molar-refractivity contribution is -0.120. The summed E-state index contributed by atoms with van der Waals surface area (Å²) in [6, 6.07) is 17.0. The molecule has 0 saturated heterocycles. The van der Waals surface area contributed by atoms with Gasteiger partial charge in [-0.2, -0.15) is 0 Å². The van der Waals surface area contributed by atoms with Crippen molar-refractivity contribution in [3.63, 3.8) is 0 Å². The van der Waals surface area contributed by atoms with Crippen LogP contribution in [0.15, 0.2) is 54.6 Å². The van der Waals surface area contributed by atoms with Gasteiger partial charge in [0.2, 0.25) is 5.91 Å². The van der Waals surface area contributed by atoms with Gasteiger partial charge in [0.25, 0.3) is 0 Å². The van der Waals surface area contributed by atoms with Crippen molar-refractivity contribution in [3.05, 3.63) is 60.2 Å². The summed E-state index contributed by atoms with van der Waals surface area (Å²) in [6.07, 6.45) is 0. The Balaban J connectivity index is 2.01. The number of carbonyl (C=O) groups is 2. The van der Waals surface area contributed by atoms with Gasteiger partial charge in [-0.05, 0) is 23.3 Å². The fourth-order valence-electron chi connectivity index (χ4n) is 1.72. The zero-order valence-corrected chi connectivity index (χ0v) is 11.1. The average Bonchev–Trinajstić information content (AvgIpc) is 2.48. The maximum absolute atomic E-state index is 11.7. The maximum Gasteiger partial charge on any atom is 0.339 e. The Hall–Kier alpha value is -2.62. The molecule has 0 unspecified atom stereocenters. The van der Waals surface area contributed by atoms with Crippen LogP contribution < -0.4 is 5.32 Å². The van der Waals surface area contributed by atoms with Crippen molar-refractivity contribution in [1.29, 1.82) is 0 Å². The number of hydrogen-bond acceptors (Lipinski definition) is 3. The van der Waals surface area contributed by atoms with Crippen molar-refractivity contribution in [2.75, 3.05) is 6.73 Å². The minimum Gasteiger partial charge on any atom is -0.441 e. The lowest BCUT2D eigenvalue weighted by atomic mass is 10.0. The van der Waals surface area contributed by atoms with Crippen molar-refractivity contribution < 1.29 is 14.3 Å². The smallest absolute Gasteiger partial charge is 0.339 e. The minimum absolute atomic E-state index is 0.116. The molecule has 2 rings (SSSR count). The molecule has 0 heterocycles. The molecule has 102 valence electrons. The molecule has 0 bridgehead atoms. The van der Waals surface area contributed by atoms with E-state index in [1.54, 1.807) is 12.1 Å². The molecule has 0 aliphatic carbocycles. The third-order valence-corrected chi connectivity index (χ3v) is 2.75. The van der Waals surface area contributed by atoms with Gasteiger partial charge in [0.1, 0.15) is 0 Å². The second-order valence-corrected chi connectivity index (χ2v) is 4.25. The number of nitrogens with one attached hydrogen (secondary N) is 1. The Kier molecular flexibility index (Phi) is 4.50. The summed E-state index contributed by atoms with van der Waals surface area (Å²) in [6.45, 7) is 1.25. The summed E-state index contributed by atoms with van der Waals surface area (Å²) < 4.78 is 4.91. The summed E-state index contributed by atoms with van der Waals surface area (Å²) in [5.41, 5.74) is 2.57. The van der Waals surface area contributed by atoms with Crippen LogP contribution in [0.5, 0.6) is 0 Å². The molecule has 1 amide bonds. The van der Waals surface area contributed by atoms with Crippen LogP contribution >= 0.6 is 0 Å². The first-order valence-electron chi connectivity index (χ1n) is 6.24. The summed E-state index contributed by atoms with van der Waals surface area (Å²) in [5.74, 6) is -0.699. The van der Waals surface area contributed by atoms with Crippen LogP contribution in [0.25, 0.3) is 11.1 Å². The maximum atomic E-state index is 11.7. The molecule has 1 N–H and O–H groups in total. The molecule has 2 aromatic rings. The Morgan fingerprint density at radius 1 is 0.950 bits per heavy atom. The minimum atomic E-state index is -0.460. The van der Waals surface area contributed by atoms with Gasteiger partial charge in [0.05, 0.1) is 5.56 Å². The van der Waals surface area contributed by atoms with Crippen molar-refractivity contribution in [2.45, 2.75) is 6.92 Å². The first-order chi connectivity index (χ1) is 9.66. The SMILES string of the molecule is CC(=O)NCOC(=O)c1ccc(-c2ccccc2)cc1. The first-order valence-corrected chi connectivity index (χ1v) is 6.24. The lowest BCUT2D eigenvalue weighted by Crippen LogP contribution is -2.25. The number of esters is 1.